The molecule has 0 aliphatic heterocycles. The predicted octanol–water partition coefficient (Wildman–Crippen LogP) is 3.88. The van der Waals surface area contributed by atoms with E-state index in [1.54, 1.807) is 0 Å². The van der Waals surface area contributed by atoms with Crippen LogP contribution in [0, 0.1) is 5.92 Å². The summed E-state index contributed by atoms with van der Waals surface area (Å²) in [6.07, 6.45) is 0.867. The Kier molecular flexibility index (Phi) is 3.52. The first-order valence-electron chi connectivity index (χ1n) is 5.58. The van der Waals surface area contributed by atoms with Gasteiger partial charge in [-0.1, -0.05) is 53.1 Å². The van der Waals surface area contributed by atoms with Gasteiger partial charge in [-0.2, -0.15) is 0 Å². The molecule has 4 heteroatoms. The molecule has 2 N–H and O–H groups in total. The largest absolute Gasteiger partial charge is 0.367 e. The van der Waals surface area contributed by atoms with E-state index in [-0.39, 0.29) is 0 Å². The third-order valence-corrected chi connectivity index (χ3v) is 3.25. The lowest BCUT2D eigenvalue weighted by Gasteiger charge is -2.06. The summed E-state index contributed by atoms with van der Waals surface area (Å²) in [7, 11) is 0. The fraction of sp³-hybridized carbons (Fsp3) is 0.308. The van der Waals surface area contributed by atoms with Gasteiger partial charge in [-0.05, 0) is 18.4 Å². The minimum absolute atomic E-state index is 0.421. The first-order chi connectivity index (χ1) is 8.09. The first kappa shape index (κ1) is 12.2. The highest BCUT2D eigenvalue weighted by Gasteiger charge is 2.17. The summed E-state index contributed by atoms with van der Waals surface area (Å²) >= 11 is 3.52. The minimum atomic E-state index is 0.421. The van der Waals surface area contributed by atoms with Gasteiger partial charge in [0.05, 0.1) is 0 Å². The van der Waals surface area contributed by atoms with Gasteiger partial charge in [0.1, 0.15) is 5.69 Å². The molecule has 0 saturated heterocycles. The number of hydrogen-bond donors (Lipinski definition) is 1. The van der Waals surface area contributed by atoms with Gasteiger partial charge in [-0.3, -0.25) is 0 Å². The molecule has 0 fully saturated rings. The summed E-state index contributed by atoms with van der Waals surface area (Å²) in [6, 6.07) is 7.94. The lowest BCUT2D eigenvalue weighted by Crippen LogP contribution is -1.98. The van der Waals surface area contributed by atoms with Crippen LogP contribution in [-0.4, -0.2) is 5.16 Å². The zero-order valence-electron chi connectivity index (χ0n) is 9.90. The second-order valence-corrected chi connectivity index (χ2v) is 5.31. The van der Waals surface area contributed by atoms with E-state index < -0.39 is 0 Å². The third kappa shape index (κ3) is 2.52. The van der Waals surface area contributed by atoms with E-state index in [0.717, 1.165) is 27.7 Å². The average Bonchev–Trinajstić information content (AvgIpc) is 2.61. The zero-order chi connectivity index (χ0) is 12.4. The quantitative estimate of drug-likeness (QED) is 0.934. The molecule has 0 spiro atoms. The molecule has 90 valence electrons. The molecule has 1 aromatic heterocycles. The van der Waals surface area contributed by atoms with Gasteiger partial charge in [0, 0.05) is 15.6 Å². The fourth-order valence-electron chi connectivity index (χ4n) is 1.79. The highest BCUT2D eigenvalue weighted by molar-refractivity contribution is 9.10. The maximum atomic E-state index is 5.83. The lowest BCUT2D eigenvalue weighted by atomic mass is 9.99. The van der Waals surface area contributed by atoms with E-state index >= 15 is 0 Å². The highest BCUT2D eigenvalue weighted by Crippen LogP contribution is 2.33. The van der Waals surface area contributed by atoms with Crippen LogP contribution < -0.4 is 5.73 Å². The summed E-state index contributed by atoms with van der Waals surface area (Å²) in [6.45, 7) is 4.30. The van der Waals surface area contributed by atoms with Crippen LogP contribution in [0.15, 0.2) is 33.3 Å². The van der Waals surface area contributed by atoms with Gasteiger partial charge in [0.25, 0.3) is 0 Å². The summed E-state index contributed by atoms with van der Waals surface area (Å²) in [4.78, 5) is 0. The number of halogens is 1. The molecule has 2 aromatic rings. The molecule has 0 radical (unpaired) electrons. The Morgan fingerprint density at radius 2 is 2.06 bits per heavy atom. The van der Waals surface area contributed by atoms with Crippen molar-refractivity contribution in [3.05, 3.63) is 34.3 Å². The predicted molar refractivity (Wildman–Crippen MR) is 72.6 cm³/mol. The fourth-order valence-corrected chi connectivity index (χ4v) is 2.26. The van der Waals surface area contributed by atoms with Gasteiger partial charge in [0.2, 0.25) is 5.88 Å². The van der Waals surface area contributed by atoms with Crippen molar-refractivity contribution in [3.8, 4) is 11.3 Å². The van der Waals surface area contributed by atoms with Crippen molar-refractivity contribution in [2.24, 2.45) is 5.92 Å². The molecule has 1 aromatic carbocycles. The molecule has 0 atom stereocenters. The van der Waals surface area contributed by atoms with Crippen molar-refractivity contribution >= 4 is 21.8 Å². The Bertz CT molecular complexity index is 520. The maximum absolute atomic E-state index is 5.83. The molecular weight excluding hydrogens is 280 g/mol. The van der Waals surface area contributed by atoms with Crippen LogP contribution in [0.5, 0.6) is 0 Å². The molecule has 17 heavy (non-hydrogen) atoms. The zero-order valence-corrected chi connectivity index (χ0v) is 11.5. The molecule has 2 rings (SSSR count). The van der Waals surface area contributed by atoms with Crippen molar-refractivity contribution in [2.75, 3.05) is 5.73 Å². The van der Waals surface area contributed by atoms with Crippen molar-refractivity contribution in [1.29, 1.82) is 0 Å². The Morgan fingerprint density at radius 1 is 1.35 bits per heavy atom. The second kappa shape index (κ2) is 4.92. The SMILES string of the molecule is CC(C)Cc1c(-c2ccccc2Br)noc1N. The Hall–Kier alpha value is -1.29. The number of nitrogen functional groups attached to an aromatic ring is 1. The summed E-state index contributed by atoms with van der Waals surface area (Å²) in [5.41, 5.74) is 8.68. The molecular formula is C13H15BrN2O. The lowest BCUT2D eigenvalue weighted by molar-refractivity contribution is 0.438. The minimum Gasteiger partial charge on any atom is -0.367 e. The number of benzene rings is 1. The summed E-state index contributed by atoms with van der Waals surface area (Å²) in [5, 5.41) is 4.07. The third-order valence-electron chi connectivity index (χ3n) is 2.56. The first-order valence-corrected chi connectivity index (χ1v) is 6.37. The standard InChI is InChI=1S/C13H15BrN2O/c1-8(2)7-10-12(16-17-13(10)15)9-5-3-4-6-11(9)14/h3-6,8H,7,15H2,1-2H3. The van der Waals surface area contributed by atoms with Crippen LogP contribution in [0.2, 0.25) is 0 Å². The topological polar surface area (TPSA) is 52.0 Å². The number of hydrogen-bond acceptors (Lipinski definition) is 3. The van der Waals surface area contributed by atoms with Crippen LogP contribution >= 0.6 is 15.9 Å². The van der Waals surface area contributed by atoms with Crippen LogP contribution in [0.4, 0.5) is 5.88 Å². The van der Waals surface area contributed by atoms with Crippen molar-refractivity contribution in [1.82, 2.24) is 5.16 Å². The molecule has 0 unspecified atom stereocenters. The van der Waals surface area contributed by atoms with E-state index in [2.05, 4.69) is 34.9 Å². The summed E-state index contributed by atoms with van der Waals surface area (Å²) in [5.74, 6) is 0.933. The van der Waals surface area contributed by atoms with Crippen LogP contribution in [-0.2, 0) is 6.42 Å². The van der Waals surface area contributed by atoms with Gasteiger partial charge in [-0.25, -0.2) is 0 Å². The molecule has 0 aliphatic carbocycles. The number of rotatable bonds is 3. The van der Waals surface area contributed by atoms with E-state index in [1.165, 1.54) is 0 Å². The number of nitrogens with two attached hydrogens (primary N) is 1. The highest BCUT2D eigenvalue weighted by atomic mass is 79.9. The normalized spacial score (nSPS) is 11.1. The van der Waals surface area contributed by atoms with Gasteiger partial charge >= 0.3 is 0 Å². The van der Waals surface area contributed by atoms with Gasteiger partial charge in [0.15, 0.2) is 0 Å². The smallest absolute Gasteiger partial charge is 0.225 e. The van der Waals surface area contributed by atoms with Crippen molar-refractivity contribution < 1.29 is 4.52 Å². The number of anilines is 1. The van der Waals surface area contributed by atoms with Crippen LogP contribution in [0.3, 0.4) is 0 Å². The molecule has 0 bridgehead atoms. The van der Waals surface area contributed by atoms with Crippen molar-refractivity contribution in [2.45, 2.75) is 20.3 Å². The Balaban J connectivity index is 2.49. The molecule has 0 amide bonds. The van der Waals surface area contributed by atoms with E-state index in [0.29, 0.717) is 11.8 Å². The summed E-state index contributed by atoms with van der Waals surface area (Å²) < 4.78 is 6.11. The van der Waals surface area contributed by atoms with E-state index in [4.69, 9.17) is 10.3 Å². The second-order valence-electron chi connectivity index (χ2n) is 4.45. The molecule has 1 heterocycles. The molecule has 0 aliphatic rings. The Labute approximate surface area is 109 Å². The maximum Gasteiger partial charge on any atom is 0.225 e. The van der Waals surface area contributed by atoms with Crippen molar-refractivity contribution in [3.63, 3.8) is 0 Å². The van der Waals surface area contributed by atoms with E-state index in [1.807, 2.05) is 24.3 Å². The van der Waals surface area contributed by atoms with Gasteiger partial charge < -0.3 is 10.3 Å². The van der Waals surface area contributed by atoms with Crippen LogP contribution in [0.25, 0.3) is 11.3 Å². The molecule has 3 nitrogen and oxygen atoms in total. The monoisotopic (exact) mass is 294 g/mol. The van der Waals surface area contributed by atoms with E-state index in [9.17, 15) is 0 Å². The average molecular weight is 295 g/mol. The van der Waals surface area contributed by atoms with Gasteiger partial charge in [-0.15, -0.1) is 0 Å². The van der Waals surface area contributed by atoms with Crippen LogP contribution in [0.1, 0.15) is 19.4 Å². The number of aromatic nitrogens is 1. The number of nitrogens with zero attached hydrogens (tertiary/aromatic N) is 1. The molecule has 0 saturated carbocycles. The Morgan fingerprint density at radius 3 is 2.71 bits per heavy atom.